The summed E-state index contributed by atoms with van der Waals surface area (Å²) in [5.74, 6) is 0.374. The van der Waals surface area contributed by atoms with Crippen LogP contribution in [0, 0.1) is 0 Å². The molecular formula is C23H21ClN2O6. The number of hydrogen-bond acceptors (Lipinski definition) is 7. The van der Waals surface area contributed by atoms with E-state index in [4.69, 9.17) is 30.5 Å². The average Bonchev–Trinajstić information content (AvgIpc) is 3.18. The number of aliphatic imine (C=N–C) groups is 1. The minimum Gasteiger partial charge on any atom is -0.493 e. The second-order valence-corrected chi connectivity index (χ2v) is 7.47. The second kappa shape index (κ2) is 9.84. The van der Waals surface area contributed by atoms with Gasteiger partial charge in [-0.05, 0) is 42.0 Å². The molecule has 2 aliphatic rings. The molecule has 0 radical (unpaired) electrons. The van der Waals surface area contributed by atoms with Crippen molar-refractivity contribution in [1.82, 2.24) is 4.90 Å². The van der Waals surface area contributed by atoms with Gasteiger partial charge in [0.25, 0.3) is 5.91 Å². The van der Waals surface area contributed by atoms with Crippen molar-refractivity contribution in [3.63, 3.8) is 0 Å². The molecule has 0 bridgehead atoms. The Labute approximate surface area is 190 Å². The Kier molecular flexibility index (Phi) is 6.72. The van der Waals surface area contributed by atoms with Crippen LogP contribution < -0.4 is 9.47 Å². The maximum absolute atomic E-state index is 12.3. The number of nitrogens with zero attached hydrogens (tertiary/aromatic N) is 2. The summed E-state index contributed by atoms with van der Waals surface area (Å²) in [4.78, 5) is 30.5. The predicted molar refractivity (Wildman–Crippen MR) is 118 cm³/mol. The van der Waals surface area contributed by atoms with Crippen LogP contribution >= 0.6 is 11.6 Å². The molecule has 2 heterocycles. The maximum Gasteiger partial charge on any atom is 0.363 e. The van der Waals surface area contributed by atoms with Gasteiger partial charge in [0, 0.05) is 23.7 Å². The quantitative estimate of drug-likeness (QED) is 0.490. The number of cyclic esters (lactones) is 1. The lowest BCUT2D eigenvalue weighted by molar-refractivity contribution is -0.137. The van der Waals surface area contributed by atoms with Crippen LogP contribution in [0.25, 0.3) is 6.08 Å². The number of ether oxygens (including phenoxy) is 4. The molecule has 0 aliphatic carbocycles. The lowest BCUT2D eigenvalue weighted by Gasteiger charge is -2.26. The summed E-state index contributed by atoms with van der Waals surface area (Å²) in [6, 6.07) is 12.0. The lowest BCUT2D eigenvalue weighted by Crippen LogP contribution is -2.43. The first kappa shape index (κ1) is 21.9. The summed E-state index contributed by atoms with van der Waals surface area (Å²) in [6.45, 7) is 2.07. The molecule has 0 spiro atoms. The summed E-state index contributed by atoms with van der Waals surface area (Å²) < 4.78 is 21.6. The number of carbonyl (C=O) groups excluding carboxylic acids is 2. The van der Waals surface area contributed by atoms with E-state index in [1.165, 1.54) is 7.11 Å². The van der Waals surface area contributed by atoms with Crippen molar-refractivity contribution in [3.8, 4) is 11.5 Å². The molecule has 0 aromatic heterocycles. The first-order valence-electron chi connectivity index (χ1n) is 9.98. The molecule has 0 atom stereocenters. The molecule has 2 aliphatic heterocycles. The number of rotatable bonds is 6. The smallest absolute Gasteiger partial charge is 0.363 e. The Morgan fingerprint density at radius 1 is 1.19 bits per heavy atom. The molecule has 8 nitrogen and oxygen atoms in total. The van der Waals surface area contributed by atoms with E-state index in [2.05, 4.69) is 4.99 Å². The van der Waals surface area contributed by atoms with Crippen molar-refractivity contribution >= 4 is 35.5 Å². The summed E-state index contributed by atoms with van der Waals surface area (Å²) in [5, 5.41) is 0.520. The summed E-state index contributed by atoms with van der Waals surface area (Å²) in [5.41, 5.74) is 1.43. The van der Waals surface area contributed by atoms with E-state index in [-0.39, 0.29) is 24.1 Å². The Balaban J connectivity index is 1.48. The van der Waals surface area contributed by atoms with Gasteiger partial charge in [-0.2, -0.15) is 0 Å². The minimum absolute atomic E-state index is 0.101. The Bertz CT molecular complexity index is 1090. The van der Waals surface area contributed by atoms with Crippen molar-refractivity contribution in [2.24, 2.45) is 4.99 Å². The molecule has 1 amide bonds. The number of esters is 1. The largest absolute Gasteiger partial charge is 0.493 e. The minimum atomic E-state index is -0.560. The molecule has 0 saturated carbocycles. The highest BCUT2D eigenvalue weighted by Gasteiger charge is 2.24. The van der Waals surface area contributed by atoms with E-state index < -0.39 is 5.97 Å². The van der Waals surface area contributed by atoms with Crippen LogP contribution in [0.1, 0.15) is 11.1 Å². The van der Waals surface area contributed by atoms with Gasteiger partial charge in [0.15, 0.2) is 23.8 Å². The molecule has 32 heavy (non-hydrogen) atoms. The zero-order valence-electron chi connectivity index (χ0n) is 17.4. The van der Waals surface area contributed by atoms with Crippen molar-refractivity contribution < 1.29 is 28.5 Å². The standard InChI is InChI=1S/C23H21ClN2O6/c1-29-20-12-15(5-6-19(20)31-14-21(27)26-7-9-30-10-8-26)11-18-23(28)32-22(25-18)16-3-2-4-17(24)13-16/h2-6,11-13H,7-10,14H2,1H3/b18-11-. The van der Waals surface area contributed by atoms with Crippen LogP contribution in [0.5, 0.6) is 11.5 Å². The third-order valence-electron chi connectivity index (χ3n) is 4.90. The fourth-order valence-corrected chi connectivity index (χ4v) is 3.44. The third-order valence-corrected chi connectivity index (χ3v) is 5.13. The summed E-state index contributed by atoms with van der Waals surface area (Å²) >= 11 is 6.00. The maximum atomic E-state index is 12.3. The highest BCUT2D eigenvalue weighted by Crippen LogP contribution is 2.30. The van der Waals surface area contributed by atoms with Gasteiger partial charge in [0.1, 0.15) is 0 Å². The molecule has 166 valence electrons. The fourth-order valence-electron chi connectivity index (χ4n) is 3.25. The molecule has 2 aromatic carbocycles. The predicted octanol–water partition coefficient (Wildman–Crippen LogP) is 2.93. The van der Waals surface area contributed by atoms with Gasteiger partial charge in [-0.3, -0.25) is 4.79 Å². The van der Waals surface area contributed by atoms with Crippen molar-refractivity contribution in [2.45, 2.75) is 0 Å². The van der Waals surface area contributed by atoms with Crippen LogP contribution in [0.4, 0.5) is 0 Å². The number of methoxy groups -OCH3 is 1. The third kappa shape index (κ3) is 5.09. The Hall–Kier alpha value is -3.36. The SMILES string of the molecule is COc1cc(/C=C2\N=C(c3cccc(Cl)c3)OC2=O)ccc1OCC(=O)N1CCOCC1. The van der Waals surface area contributed by atoms with Gasteiger partial charge in [-0.15, -0.1) is 0 Å². The zero-order chi connectivity index (χ0) is 22.5. The van der Waals surface area contributed by atoms with Crippen LogP contribution in [0.3, 0.4) is 0 Å². The number of carbonyl (C=O) groups is 2. The molecule has 4 rings (SSSR count). The Morgan fingerprint density at radius 2 is 2.00 bits per heavy atom. The van der Waals surface area contributed by atoms with Gasteiger partial charge < -0.3 is 23.8 Å². The summed E-state index contributed by atoms with van der Waals surface area (Å²) in [6.07, 6.45) is 1.59. The highest BCUT2D eigenvalue weighted by atomic mass is 35.5. The van der Waals surface area contributed by atoms with E-state index >= 15 is 0 Å². The molecule has 1 saturated heterocycles. The molecule has 1 fully saturated rings. The van der Waals surface area contributed by atoms with E-state index in [1.54, 1.807) is 53.4 Å². The first-order chi connectivity index (χ1) is 15.5. The van der Waals surface area contributed by atoms with Crippen LogP contribution in [0.15, 0.2) is 53.2 Å². The van der Waals surface area contributed by atoms with Crippen molar-refractivity contribution in [2.75, 3.05) is 40.0 Å². The normalized spacial score (nSPS) is 17.2. The molecule has 0 N–H and O–H groups in total. The van der Waals surface area contributed by atoms with Crippen LogP contribution in [-0.4, -0.2) is 62.7 Å². The van der Waals surface area contributed by atoms with E-state index in [1.807, 2.05) is 0 Å². The number of benzene rings is 2. The first-order valence-corrected chi connectivity index (χ1v) is 10.4. The molecule has 2 aromatic rings. The van der Waals surface area contributed by atoms with E-state index in [9.17, 15) is 9.59 Å². The molecular weight excluding hydrogens is 436 g/mol. The fraction of sp³-hybridized carbons (Fsp3) is 0.261. The van der Waals surface area contributed by atoms with Gasteiger partial charge in [0.2, 0.25) is 5.90 Å². The van der Waals surface area contributed by atoms with E-state index in [0.29, 0.717) is 54.0 Å². The second-order valence-electron chi connectivity index (χ2n) is 7.04. The van der Waals surface area contributed by atoms with Crippen molar-refractivity contribution in [1.29, 1.82) is 0 Å². The van der Waals surface area contributed by atoms with Gasteiger partial charge >= 0.3 is 5.97 Å². The molecule has 9 heteroatoms. The van der Waals surface area contributed by atoms with Crippen LogP contribution in [0.2, 0.25) is 5.02 Å². The topological polar surface area (TPSA) is 86.7 Å². The van der Waals surface area contributed by atoms with Gasteiger partial charge in [0.05, 0.1) is 20.3 Å². The zero-order valence-corrected chi connectivity index (χ0v) is 18.1. The number of halogens is 1. The highest BCUT2D eigenvalue weighted by molar-refractivity contribution is 6.31. The molecule has 0 unspecified atom stereocenters. The van der Waals surface area contributed by atoms with E-state index in [0.717, 1.165) is 0 Å². The van der Waals surface area contributed by atoms with Gasteiger partial charge in [-0.25, -0.2) is 9.79 Å². The van der Waals surface area contributed by atoms with Gasteiger partial charge in [-0.1, -0.05) is 23.7 Å². The number of hydrogen-bond donors (Lipinski definition) is 0. The number of amides is 1. The number of morpholine rings is 1. The average molecular weight is 457 g/mol. The van der Waals surface area contributed by atoms with Crippen molar-refractivity contribution in [3.05, 3.63) is 64.3 Å². The van der Waals surface area contributed by atoms with Crippen LogP contribution in [-0.2, 0) is 19.1 Å². The Morgan fingerprint density at radius 3 is 2.75 bits per heavy atom. The lowest BCUT2D eigenvalue weighted by atomic mass is 10.1. The monoisotopic (exact) mass is 456 g/mol. The summed E-state index contributed by atoms with van der Waals surface area (Å²) in [7, 11) is 1.50.